The van der Waals surface area contributed by atoms with Gasteiger partial charge in [0.2, 0.25) is 11.8 Å². The Hall–Kier alpha value is -1.24. The van der Waals surface area contributed by atoms with E-state index in [0.29, 0.717) is 0 Å². The van der Waals surface area contributed by atoms with Crippen molar-refractivity contribution in [2.24, 2.45) is 5.92 Å². The van der Waals surface area contributed by atoms with Gasteiger partial charge in [-0.05, 0) is 5.92 Å². The zero-order chi connectivity index (χ0) is 12.7. The van der Waals surface area contributed by atoms with Crippen LogP contribution in [0.4, 0.5) is 0 Å². The minimum absolute atomic E-state index is 0.00454. The third-order valence-electron chi connectivity index (χ3n) is 1.62. The maximum atomic E-state index is 11.2. The first kappa shape index (κ1) is 14.8. The number of hydrazine groups is 1. The number of carboxylic acids is 1. The van der Waals surface area contributed by atoms with E-state index in [1.807, 2.05) is 0 Å². The van der Waals surface area contributed by atoms with Gasteiger partial charge in [0.15, 0.2) is 0 Å². The molecule has 6 nitrogen and oxygen atoms in total. The topological polar surface area (TPSA) is 95.5 Å². The van der Waals surface area contributed by atoms with E-state index >= 15 is 0 Å². The quantitative estimate of drug-likeness (QED) is 0.595. The largest absolute Gasteiger partial charge is 0.480 e. The van der Waals surface area contributed by atoms with E-state index in [2.05, 4.69) is 10.9 Å². The Balaban J connectivity index is 3.97. The average Bonchev–Trinajstić information content (AvgIpc) is 2.13. The van der Waals surface area contributed by atoms with Crippen LogP contribution in [0.3, 0.4) is 0 Å². The Bertz CT molecular complexity index is 281. The molecule has 1 atom stereocenters. The maximum Gasteiger partial charge on any atom is 0.316 e. The molecule has 3 N–H and O–H groups in total. The zero-order valence-electron chi connectivity index (χ0n) is 9.44. The SMILES string of the molecule is CC(=O)NNC(=O)CSC(C(=O)O)C(C)C. The van der Waals surface area contributed by atoms with Crippen molar-refractivity contribution < 1.29 is 19.5 Å². The predicted octanol–water partition coefficient (Wildman–Crippen LogP) is -0.00390. The van der Waals surface area contributed by atoms with Gasteiger partial charge in [-0.3, -0.25) is 25.2 Å². The fourth-order valence-electron chi connectivity index (χ4n) is 0.908. The summed E-state index contributed by atoms with van der Waals surface area (Å²) in [6.07, 6.45) is 0. The standard InChI is InChI=1S/C9H16N2O4S/c1-5(2)8(9(14)15)16-4-7(13)11-10-6(3)12/h5,8H,4H2,1-3H3,(H,10,12)(H,11,13)(H,14,15). The summed E-state index contributed by atoms with van der Waals surface area (Å²) in [7, 11) is 0. The summed E-state index contributed by atoms with van der Waals surface area (Å²) in [4.78, 5) is 32.4. The van der Waals surface area contributed by atoms with E-state index in [0.717, 1.165) is 11.8 Å². The van der Waals surface area contributed by atoms with Gasteiger partial charge >= 0.3 is 5.97 Å². The normalized spacial score (nSPS) is 12.0. The lowest BCUT2D eigenvalue weighted by molar-refractivity contribution is -0.137. The van der Waals surface area contributed by atoms with E-state index in [4.69, 9.17) is 5.11 Å². The minimum Gasteiger partial charge on any atom is -0.480 e. The molecular formula is C9H16N2O4S. The second-order valence-electron chi connectivity index (χ2n) is 3.54. The van der Waals surface area contributed by atoms with Gasteiger partial charge in [0.05, 0.1) is 5.75 Å². The number of hydrogen-bond donors (Lipinski definition) is 3. The third-order valence-corrected chi connectivity index (χ3v) is 3.15. The highest BCUT2D eigenvalue weighted by molar-refractivity contribution is 8.01. The zero-order valence-corrected chi connectivity index (χ0v) is 10.3. The lowest BCUT2D eigenvalue weighted by Gasteiger charge is -2.15. The first-order valence-corrected chi connectivity index (χ1v) is 5.79. The number of rotatable bonds is 5. The molecule has 0 bridgehead atoms. The molecule has 1 unspecified atom stereocenters. The second-order valence-corrected chi connectivity index (χ2v) is 4.67. The number of nitrogens with one attached hydrogen (secondary N) is 2. The lowest BCUT2D eigenvalue weighted by atomic mass is 10.1. The molecule has 0 heterocycles. The fraction of sp³-hybridized carbons (Fsp3) is 0.667. The Labute approximate surface area is 98.1 Å². The van der Waals surface area contributed by atoms with Gasteiger partial charge in [-0.1, -0.05) is 13.8 Å². The van der Waals surface area contributed by atoms with Crippen molar-refractivity contribution in [3.63, 3.8) is 0 Å². The van der Waals surface area contributed by atoms with Crippen LogP contribution < -0.4 is 10.9 Å². The van der Waals surface area contributed by atoms with Crippen LogP contribution in [-0.2, 0) is 14.4 Å². The predicted molar refractivity (Wildman–Crippen MR) is 60.7 cm³/mol. The summed E-state index contributed by atoms with van der Waals surface area (Å²) in [5, 5.41) is 8.23. The highest BCUT2D eigenvalue weighted by Gasteiger charge is 2.22. The molecule has 0 fully saturated rings. The van der Waals surface area contributed by atoms with E-state index < -0.39 is 17.1 Å². The van der Waals surface area contributed by atoms with Gasteiger partial charge in [-0.25, -0.2) is 0 Å². The van der Waals surface area contributed by atoms with Gasteiger partial charge in [-0.2, -0.15) is 0 Å². The minimum atomic E-state index is -0.938. The molecule has 0 aliphatic carbocycles. The van der Waals surface area contributed by atoms with Crippen LogP contribution in [0.5, 0.6) is 0 Å². The molecule has 7 heteroatoms. The summed E-state index contributed by atoms with van der Waals surface area (Å²) < 4.78 is 0. The lowest BCUT2D eigenvalue weighted by Crippen LogP contribution is -2.41. The third kappa shape index (κ3) is 6.28. The number of carbonyl (C=O) groups is 3. The molecule has 2 amide bonds. The van der Waals surface area contributed by atoms with E-state index in [1.165, 1.54) is 6.92 Å². The summed E-state index contributed by atoms with van der Waals surface area (Å²) in [5.41, 5.74) is 4.29. The van der Waals surface area contributed by atoms with E-state index in [9.17, 15) is 14.4 Å². The molecule has 92 valence electrons. The monoisotopic (exact) mass is 248 g/mol. The van der Waals surface area contributed by atoms with Crippen LogP contribution in [0, 0.1) is 5.92 Å². The van der Waals surface area contributed by atoms with Crippen molar-refractivity contribution in [2.75, 3.05) is 5.75 Å². The van der Waals surface area contributed by atoms with Gasteiger partial charge in [0.1, 0.15) is 5.25 Å². The van der Waals surface area contributed by atoms with E-state index in [-0.39, 0.29) is 17.6 Å². The Morgan fingerprint density at radius 1 is 1.25 bits per heavy atom. The maximum absolute atomic E-state index is 11.2. The molecule has 0 rings (SSSR count). The van der Waals surface area contributed by atoms with Crippen molar-refractivity contribution in [2.45, 2.75) is 26.0 Å². The number of carboxylic acid groups (broad SMARTS) is 1. The van der Waals surface area contributed by atoms with Crippen molar-refractivity contribution in [1.29, 1.82) is 0 Å². The second kappa shape index (κ2) is 7.10. The van der Waals surface area contributed by atoms with Crippen molar-refractivity contribution in [3.8, 4) is 0 Å². The number of aliphatic carboxylic acids is 1. The molecule has 0 saturated carbocycles. The molecule has 0 saturated heterocycles. The first-order valence-electron chi connectivity index (χ1n) is 4.74. The highest BCUT2D eigenvalue weighted by atomic mass is 32.2. The molecule has 16 heavy (non-hydrogen) atoms. The van der Waals surface area contributed by atoms with Crippen LogP contribution in [0.2, 0.25) is 0 Å². The van der Waals surface area contributed by atoms with Crippen molar-refractivity contribution in [1.82, 2.24) is 10.9 Å². The summed E-state index contributed by atoms with van der Waals surface area (Å²) in [6, 6.07) is 0. The van der Waals surface area contributed by atoms with Crippen LogP contribution >= 0.6 is 11.8 Å². The molecule has 0 aromatic heterocycles. The molecule has 0 aliphatic rings. The fourth-order valence-corrected chi connectivity index (χ4v) is 1.84. The molecular weight excluding hydrogens is 232 g/mol. The average molecular weight is 248 g/mol. The van der Waals surface area contributed by atoms with Gasteiger partial charge < -0.3 is 5.11 Å². The van der Waals surface area contributed by atoms with Crippen LogP contribution in [0.25, 0.3) is 0 Å². The number of carbonyl (C=O) groups excluding carboxylic acids is 2. The van der Waals surface area contributed by atoms with Crippen LogP contribution in [-0.4, -0.2) is 33.9 Å². The van der Waals surface area contributed by atoms with Crippen molar-refractivity contribution in [3.05, 3.63) is 0 Å². The first-order chi connectivity index (χ1) is 7.34. The molecule has 0 radical (unpaired) electrons. The number of hydrogen-bond acceptors (Lipinski definition) is 4. The van der Waals surface area contributed by atoms with Crippen molar-refractivity contribution >= 4 is 29.5 Å². The van der Waals surface area contributed by atoms with E-state index in [1.54, 1.807) is 13.8 Å². The molecule has 0 spiro atoms. The van der Waals surface area contributed by atoms with Gasteiger partial charge in [-0.15, -0.1) is 11.8 Å². The van der Waals surface area contributed by atoms with Gasteiger partial charge in [0, 0.05) is 6.92 Å². The number of amides is 2. The smallest absolute Gasteiger partial charge is 0.316 e. The number of thioether (sulfide) groups is 1. The molecule has 0 aliphatic heterocycles. The van der Waals surface area contributed by atoms with Gasteiger partial charge in [0.25, 0.3) is 0 Å². The summed E-state index contributed by atoms with van der Waals surface area (Å²) in [5.74, 6) is -1.80. The van der Waals surface area contributed by atoms with Crippen LogP contribution in [0.1, 0.15) is 20.8 Å². The Morgan fingerprint density at radius 3 is 2.19 bits per heavy atom. The van der Waals surface area contributed by atoms with Crippen LogP contribution in [0.15, 0.2) is 0 Å². The Kier molecular flexibility index (Phi) is 6.55. The molecule has 0 aromatic rings. The summed E-state index contributed by atoms with van der Waals surface area (Å²) in [6.45, 7) is 4.82. The highest BCUT2D eigenvalue weighted by Crippen LogP contribution is 2.19. The Morgan fingerprint density at radius 2 is 1.81 bits per heavy atom. The molecule has 0 aromatic carbocycles. The summed E-state index contributed by atoms with van der Waals surface area (Å²) >= 11 is 1.03.